The minimum absolute atomic E-state index is 0.00258. The maximum atomic E-state index is 14.9. The lowest BCUT2D eigenvalue weighted by Gasteiger charge is -2.33. The molecule has 0 bridgehead atoms. The number of carbonyl (C=O) groups is 2. The minimum Gasteiger partial charge on any atom is -0.393 e. The first-order chi connectivity index (χ1) is 17.4. The lowest BCUT2D eigenvalue weighted by atomic mass is 9.86. The fourth-order valence-corrected chi connectivity index (χ4v) is 4.53. The van der Waals surface area contributed by atoms with Gasteiger partial charge in [-0.3, -0.25) is 9.59 Å². The Hall–Kier alpha value is -2.89. The molecule has 3 N–H and O–H groups in total. The Kier molecular flexibility index (Phi) is 7.42. The third kappa shape index (κ3) is 4.99. The molecule has 7 nitrogen and oxygen atoms in total. The van der Waals surface area contributed by atoms with Crippen molar-refractivity contribution in [3.05, 3.63) is 86.2 Å². The van der Waals surface area contributed by atoms with Gasteiger partial charge in [0.05, 0.1) is 33.5 Å². The van der Waals surface area contributed by atoms with E-state index in [9.17, 15) is 33.0 Å². The molecule has 2 amide bonds. The number of carbonyl (C=O) groups excluding carboxylic acids is 2. The van der Waals surface area contributed by atoms with Crippen LogP contribution in [-0.4, -0.2) is 46.1 Å². The van der Waals surface area contributed by atoms with E-state index in [0.717, 1.165) is 29.3 Å². The fraction of sp³-hybridized carbons (Fsp3) is 0.208. The third-order valence-electron chi connectivity index (χ3n) is 5.93. The van der Waals surface area contributed by atoms with Gasteiger partial charge in [-0.2, -0.15) is 0 Å². The molecule has 1 aliphatic heterocycles. The molecule has 1 atom stereocenters. The third-order valence-corrected chi connectivity index (χ3v) is 6.77. The second kappa shape index (κ2) is 10.1. The standard InChI is InChI=1S/C24H17Cl3F3N3O4/c25-13-2-3-19-15(7-13)23(37,11-34)24(29,30)5-6-33(19)22(36)12-1-4-20(31-10-12)32-21(35)14-8-18(28)17(27)9-16(14)26/h1-4,7-10,34,37H,5-6,11H2,(H,31,32,35)/t23-/m0/s1. The van der Waals surface area contributed by atoms with E-state index >= 15 is 0 Å². The Morgan fingerprint density at radius 3 is 2.46 bits per heavy atom. The van der Waals surface area contributed by atoms with E-state index in [-0.39, 0.29) is 37.7 Å². The summed E-state index contributed by atoms with van der Waals surface area (Å²) in [4.78, 5) is 30.8. The number of nitrogens with one attached hydrogen (secondary N) is 1. The fourth-order valence-electron chi connectivity index (χ4n) is 3.89. The second-order valence-electron chi connectivity index (χ2n) is 8.22. The van der Waals surface area contributed by atoms with Crippen LogP contribution in [0.3, 0.4) is 0 Å². The van der Waals surface area contributed by atoms with Crippen molar-refractivity contribution >= 4 is 58.1 Å². The van der Waals surface area contributed by atoms with Crippen LogP contribution in [-0.2, 0) is 5.60 Å². The quantitative estimate of drug-likeness (QED) is 0.367. The SMILES string of the molecule is O=C(Nc1ccc(C(=O)N2CCC(F)(F)[C@](O)(CO)c3cc(Cl)ccc32)cn1)c1cc(F)c(Cl)cc1Cl. The van der Waals surface area contributed by atoms with Crippen LogP contribution in [0.4, 0.5) is 24.7 Å². The first-order valence-corrected chi connectivity index (χ1v) is 11.8. The molecule has 0 saturated heterocycles. The number of aliphatic hydroxyl groups is 2. The second-order valence-corrected chi connectivity index (χ2v) is 9.47. The van der Waals surface area contributed by atoms with Gasteiger partial charge in [-0.15, -0.1) is 0 Å². The topological polar surface area (TPSA) is 103 Å². The summed E-state index contributed by atoms with van der Waals surface area (Å²) in [7, 11) is 0. The predicted molar refractivity (Wildman–Crippen MR) is 132 cm³/mol. The Labute approximate surface area is 223 Å². The lowest BCUT2D eigenvalue weighted by Crippen LogP contribution is -2.48. The van der Waals surface area contributed by atoms with Crippen LogP contribution < -0.4 is 10.2 Å². The number of pyridine rings is 1. The van der Waals surface area contributed by atoms with Gasteiger partial charge < -0.3 is 20.4 Å². The lowest BCUT2D eigenvalue weighted by molar-refractivity contribution is -0.205. The number of rotatable bonds is 4. The Balaban J connectivity index is 1.61. The summed E-state index contributed by atoms with van der Waals surface area (Å²) < 4.78 is 43.5. The van der Waals surface area contributed by atoms with Crippen LogP contribution in [0.15, 0.2) is 48.7 Å². The van der Waals surface area contributed by atoms with Crippen molar-refractivity contribution in [2.75, 3.05) is 23.4 Å². The first kappa shape index (κ1) is 27.2. The number of anilines is 2. The monoisotopic (exact) mass is 573 g/mol. The van der Waals surface area contributed by atoms with Gasteiger partial charge in [-0.25, -0.2) is 18.2 Å². The summed E-state index contributed by atoms with van der Waals surface area (Å²) in [6, 6.07) is 8.27. The number of fused-ring (bicyclic) bond motifs is 1. The van der Waals surface area contributed by atoms with Gasteiger partial charge in [0.15, 0.2) is 5.60 Å². The number of hydrogen-bond donors (Lipinski definition) is 3. The number of hydrogen-bond acceptors (Lipinski definition) is 5. The number of alkyl halides is 2. The molecule has 0 fully saturated rings. The number of amides is 2. The van der Waals surface area contributed by atoms with Crippen molar-refractivity contribution in [1.29, 1.82) is 0 Å². The molecule has 0 radical (unpaired) electrons. The van der Waals surface area contributed by atoms with Crippen LogP contribution in [0.2, 0.25) is 15.1 Å². The van der Waals surface area contributed by atoms with Gasteiger partial charge >= 0.3 is 0 Å². The smallest absolute Gasteiger partial charge is 0.284 e. The molecule has 0 aliphatic carbocycles. The zero-order valence-electron chi connectivity index (χ0n) is 18.6. The van der Waals surface area contributed by atoms with Crippen LogP contribution in [0, 0.1) is 5.82 Å². The zero-order valence-corrected chi connectivity index (χ0v) is 20.9. The molecule has 13 heteroatoms. The molecule has 0 saturated carbocycles. The highest BCUT2D eigenvalue weighted by molar-refractivity contribution is 6.37. The molecule has 0 unspecified atom stereocenters. The number of halogens is 6. The van der Waals surface area contributed by atoms with Crippen LogP contribution in [0.25, 0.3) is 0 Å². The zero-order chi connectivity index (χ0) is 27.1. The van der Waals surface area contributed by atoms with Crippen LogP contribution >= 0.6 is 34.8 Å². The average molecular weight is 575 g/mol. The van der Waals surface area contributed by atoms with E-state index in [1.165, 1.54) is 24.3 Å². The molecule has 2 heterocycles. The minimum atomic E-state index is -3.77. The van der Waals surface area contributed by atoms with E-state index in [0.29, 0.717) is 0 Å². The van der Waals surface area contributed by atoms with Crippen molar-refractivity contribution in [3.8, 4) is 0 Å². The number of aromatic nitrogens is 1. The maximum absolute atomic E-state index is 14.9. The normalized spacial score (nSPS) is 18.6. The number of benzene rings is 2. The summed E-state index contributed by atoms with van der Waals surface area (Å²) in [6.07, 6.45) is 0.168. The molecule has 4 rings (SSSR count). The van der Waals surface area contributed by atoms with E-state index < -0.39 is 54.3 Å². The summed E-state index contributed by atoms with van der Waals surface area (Å²) in [5.74, 6) is -6.13. The van der Waals surface area contributed by atoms with Crippen LogP contribution in [0.1, 0.15) is 32.7 Å². The molecular formula is C24H17Cl3F3N3O4. The van der Waals surface area contributed by atoms with E-state index in [1.807, 2.05) is 0 Å². The molecule has 1 aromatic heterocycles. The Bertz CT molecular complexity index is 1390. The Morgan fingerprint density at radius 1 is 1.08 bits per heavy atom. The molecule has 37 heavy (non-hydrogen) atoms. The highest BCUT2D eigenvalue weighted by Crippen LogP contribution is 2.47. The van der Waals surface area contributed by atoms with E-state index in [4.69, 9.17) is 34.8 Å². The highest BCUT2D eigenvalue weighted by atomic mass is 35.5. The number of aliphatic hydroxyl groups excluding tert-OH is 1. The molecule has 2 aromatic carbocycles. The first-order valence-electron chi connectivity index (χ1n) is 10.6. The summed E-state index contributed by atoms with van der Waals surface area (Å²) >= 11 is 17.5. The van der Waals surface area contributed by atoms with Gasteiger partial charge in [-0.05, 0) is 42.5 Å². The van der Waals surface area contributed by atoms with Crippen molar-refractivity contribution in [1.82, 2.24) is 4.98 Å². The van der Waals surface area contributed by atoms with E-state index in [1.54, 1.807) is 0 Å². The maximum Gasteiger partial charge on any atom is 0.284 e. The van der Waals surface area contributed by atoms with Crippen LogP contribution in [0.5, 0.6) is 0 Å². The van der Waals surface area contributed by atoms with Crippen molar-refractivity contribution in [2.24, 2.45) is 0 Å². The van der Waals surface area contributed by atoms with Gasteiger partial charge in [0.2, 0.25) is 0 Å². The van der Waals surface area contributed by atoms with Crippen molar-refractivity contribution in [2.45, 2.75) is 17.9 Å². The summed E-state index contributed by atoms with van der Waals surface area (Å²) in [6.45, 7) is -1.78. The Morgan fingerprint density at radius 2 is 1.81 bits per heavy atom. The average Bonchev–Trinajstić information content (AvgIpc) is 2.94. The van der Waals surface area contributed by atoms with Crippen molar-refractivity contribution < 1.29 is 33.0 Å². The summed E-state index contributed by atoms with van der Waals surface area (Å²) in [5.41, 5.74) is -3.63. The van der Waals surface area contributed by atoms with Gasteiger partial charge in [0.25, 0.3) is 17.7 Å². The van der Waals surface area contributed by atoms with Gasteiger partial charge in [-0.1, -0.05) is 34.8 Å². The van der Waals surface area contributed by atoms with E-state index in [2.05, 4.69) is 10.3 Å². The van der Waals surface area contributed by atoms with Crippen molar-refractivity contribution in [3.63, 3.8) is 0 Å². The highest BCUT2D eigenvalue weighted by Gasteiger charge is 2.56. The predicted octanol–water partition coefficient (Wildman–Crippen LogP) is 5.30. The molecule has 3 aromatic rings. The molecule has 1 aliphatic rings. The molecular weight excluding hydrogens is 558 g/mol. The molecule has 0 spiro atoms. The molecule has 194 valence electrons. The number of nitrogens with zero attached hydrogens (tertiary/aromatic N) is 2. The summed E-state index contributed by atoms with van der Waals surface area (Å²) in [5, 5.41) is 22.5. The van der Waals surface area contributed by atoms with Gasteiger partial charge in [0, 0.05) is 29.7 Å². The largest absolute Gasteiger partial charge is 0.393 e. The van der Waals surface area contributed by atoms with Gasteiger partial charge in [0.1, 0.15) is 11.6 Å².